The third-order valence-corrected chi connectivity index (χ3v) is 4.22. The van der Waals surface area contributed by atoms with Gasteiger partial charge in [0.15, 0.2) is 0 Å². The van der Waals surface area contributed by atoms with Crippen molar-refractivity contribution in [3.63, 3.8) is 0 Å². The lowest BCUT2D eigenvalue weighted by molar-refractivity contribution is 0.0940. The number of carbonyl (C=O) groups excluding carboxylic acids is 1. The molecule has 0 saturated carbocycles. The van der Waals surface area contributed by atoms with Gasteiger partial charge in [0.2, 0.25) is 0 Å². The van der Waals surface area contributed by atoms with E-state index in [1.165, 1.54) is 19.2 Å². The molecule has 1 saturated heterocycles. The summed E-state index contributed by atoms with van der Waals surface area (Å²) >= 11 is 0. The fraction of sp³-hybridized carbons (Fsp3) is 0.471. The Bertz CT molecular complexity index is 600. The van der Waals surface area contributed by atoms with Gasteiger partial charge in [0.05, 0.1) is 12.8 Å². The van der Waals surface area contributed by atoms with Crippen molar-refractivity contribution >= 4 is 5.91 Å². The largest absolute Gasteiger partial charge is 0.468 e. The number of nitrogens with zero attached hydrogens (tertiary/aromatic N) is 3. The first-order valence-corrected chi connectivity index (χ1v) is 8.10. The highest BCUT2D eigenvalue weighted by Gasteiger charge is 2.20. The van der Waals surface area contributed by atoms with Crippen molar-refractivity contribution < 1.29 is 9.21 Å². The van der Waals surface area contributed by atoms with Gasteiger partial charge in [-0.3, -0.25) is 9.69 Å². The molecule has 2 aromatic heterocycles. The maximum absolute atomic E-state index is 11.9. The first-order chi connectivity index (χ1) is 11.3. The summed E-state index contributed by atoms with van der Waals surface area (Å²) in [7, 11) is 0. The molecule has 1 amide bonds. The average molecular weight is 314 g/mol. The second-order valence-electron chi connectivity index (χ2n) is 5.96. The summed E-state index contributed by atoms with van der Waals surface area (Å²) in [6.45, 7) is 3.73. The van der Waals surface area contributed by atoms with Crippen molar-refractivity contribution in [3.8, 4) is 0 Å². The van der Waals surface area contributed by atoms with Crippen LogP contribution < -0.4 is 5.32 Å². The van der Waals surface area contributed by atoms with E-state index in [2.05, 4.69) is 20.2 Å². The Hall–Kier alpha value is -2.21. The molecule has 1 fully saturated rings. The monoisotopic (exact) mass is 314 g/mol. The predicted octanol–water partition coefficient (Wildman–Crippen LogP) is 2.10. The van der Waals surface area contributed by atoms with Crippen molar-refractivity contribution in [3.05, 3.63) is 48.4 Å². The zero-order chi connectivity index (χ0) is 15.9. The summed E-state index contributed by atoms with van der Waals surface area (Å²) in [4.78, 5) is 22.1. The van der Waals surface area contributed by atoms with E-state index in [1.807, 2.05) is 12.1 Å². The van der Waals surface area contributed by atoms with Gasteiger partial charge in [-0.15, -0.1) is 0 Å². The van der Waals surface area contributed by atoms with Crippen LogP contribution in [0.1, 0.15) is 35.5 Å². The Labute approximate surface area is 135 Å². The van der Waals surface area contributed by atoms with Crippen LogP contribution in [0.5, 0.6) is 0 Å². The molecule has 122 valence electrons. The van der Waals surface area contributed by atoms with Crippen LogP contribution in [-0.2, 0) is 6.54 Å². The van der Waals surface area contributed by atoms with Crippen LogP contribution in [0.25, 0.3) is 0 Å². The van der Waals surface area contributed by atoms with Crippen LogP contribution in [0, 0.1) is 5.92 Å². The lowest BCUT2D eigenvalue weighted by Crippen LogP contribution is -2.36. The first-order valence-electron chi connectivity index (χ1n) is 8.10. The van der Waals surface area contributed by atoms with Crippen LogP contribution in [0.3, 0.4) is 0 Å². The van der Waals surface area contributed by atoms with Gasteiger partial charge in [-0.2, -0.15) is 0 Å². The van der Waals surface area contributed by atoms with Gasteiger partial charge in [0.25, 0.3) is 5.91 Å². The van der Waals surface area contributed by atoms with Crippen LogP contribution >= 0.6 is 0 Å². The third kappa shape index (κ3) is 4.63. The maximum atomic E-state index is 11.9. The highest BCUT2D eigenvalue weighted by Crippen LogP contribution is 2.21. The van der Waals surface area contributed by atoms with Gasteiger partial charge >= 0.3 is 0 Å². The lowest BCUT2D eigenvalue weighted by atomic mass is 9.94. The van der Waals surface area contributed by atoms with Crippen LogP contribution in [-0.4, -0.2) is 40.4 Å². The molecule has 0 radical (unpaired) electrons. The number of amides is 1. The fourth-order valence-corrected chi connectivity index (χ4v) is 3.06. The van der Waals surface area contributed by atoms with Crippen molar-refractivity contribution in [2.24, 2.45) is 5.92 Å². The van der Waals surface area contributed by atoms with Gasteiger partial charge in [-0.25, -0.2) is 9.97 Å². The van der Waals surface area contributed by atoms with E-state index in [1.54, 1.807) is 18.5 Å². The SMILES string of the molecule is O=C(NCC[C@H]1CCCN(Cc2ccco2)C1)c1ccncn1. The van der Waals surface area contributed by atoms with Crippen molar-refractivity contribution in [1.82, 2.24) is 20.2 Å². The minimum absolute atomic E-state index is 0.129. The number of likely N-dealkylation sites (tertiary alicyclic amines) is 1. The van der Waals surface area contributed by atoms with Crippen LogP contribution in [0.2, 0.25) is 0 Å². The summed E-state index contributed by atoms with van der Waals surface area (Å²) in [6.07, 6.45) is 8.10. The van der Waals surface area contributed by atoms with E-state index in [0.717, 1.165) is 31.8 Å². The topological polar surface area (TPSA) is 71.3 Å². The standard InChI is InChI=1S/C17H22N4O2/c22-17(16-6-7-18-13-20-16)19-8-5-14-3-1-9-21(11-14)12-15-4-2-10-23-15/h2,4,6-7,10,13-14H,1,3,5,8-9,11-12H2,(H,19,22)/t14-/m1/s1. The molecule has 1 aliphatic rings. The summed E-state index contributed by atoms with van der Waals surface area (Å²) in [5.74, 6) is 1.50. The molecular weight excluding hydrogens is 292 g/mol. The summed E-state index contributed by atoms with van der Waals surface area (Å²) in [6, 6.07) is 5.58. The predicted molar refractivity (Wildman–Crippen MR) is 85.7 cm³/mol. The molecule has 1 N–H and O–H groups in total. The lowest BCUT2D eigenvalue weighted by Gasteiger charge is -2.32. The number of piperidine rings is 1. The van der Waals surface area contributed by atoms with E-state index >= 15 is 0 Å². The molecule has 2 aromatic rings. The van der Waals surface area contributed by atoms with Gasteiger partial charge < -0.3 is 9.73 Å². The quantitative estimate of drug-likeness (QED) is 0.884. The normalized spacial score (nSPS) is 18.7. The molecule has 3 heterocycles. The van der Waals surface area contributed by atoms with Gasteiger partial charge in [-0.1, -0.05) is 0 Å². The van der Waals surface area contributed by atoms with E-state index < -0.39 is 0 Å². The molecular formula is C17H22N4O2. The van der Waals surface area contributed by atoms with E-state index in [-0.39, 0.29) is 5.91 Å². The van der Waals surface area contributed by atoms with E-state index in [4.69, 9.17) is 4.42 Å². The van der Waals surface area contributed by atoms with Crippen LogP contribution in [0.15, 0.2) is 41.4 Å². The number of aromatic nitrogens is 2. The Balaban J connectivity index is 1.40. The average Bonchev–Trinajstić information content (AvgIpc) is 3.09. The summed E-state index contributed by atoms with van der Waals surface area (Å²) in [5, 5.41) is 2.94. The molecule has 0 aliphatic carbocycles. The highest BCUT2D eigenvalue weighted by atomic mass is 16.3. The molecule has 0 aromatic carbocycles. The maximum Gasteiger partial charge on any atom is 0.270 e. The van der Waals surface area contributed by atoms with Crippen molar-refractivity contribution in [2.75, 3.05) is 19.6 Å². The van der Waals surface area contributed by atoms with Gasteiger partial charge in [0, 0.05) is 19.3 Å². The smallest absolute Gasteiger partial charge is 0.270 e. The van der Waals surface area contributed by atoms with Crippen molar-refractivity contribution in [2.45, 2.75) is 25.8 Å². The number of furan rings is 1. The molecule has 23 heavy (non-hydrogen) atoms. The van der Waals surface area contributed by atoms with Gasteiger partial charge in [0.1, 0.15) is 17.8 Å². The minimum atomic E-state index is -0.129. The number of carbonyl (C=O) groups is 1. The van der Waals surface area contributed by atoms with Crippen LogP contribution in [0.4, 0.5) is 0 Å². The Kier molecular flexibility index (Phi) is 5.37. The molecule has 3 rings (SSSR count). The highest BCUT2D eigenvalue weighted by molar-refractivity contribution is 5.91. The molecule has 6 nitrogen and oxygen atoms in total. The summed E-state index contributed by atoms with van der Waals surface area (Å²) in [5.41, 5.74) is 0.420. The first kappa shape index (κ1) is 15.7. The second-order valence-corrected chi connectivity index (χ2v) is 5.96. The fourth-order valence-electron chi connectivity index (χ4n) is 3.06. The molecule has 0 bridgehead atoms. The summed E-state index contributed by atoms with van der Waals surface area (Å²) < 4.78 is 5.42. The Morgan fingerprint density at radius 2 is 2.39 bits per heavy atom. The second kappa shape index (κ2) is 7.87. The molecule has 1 atom stereocenters. The zero-order valence-electron chi connectivity index (χ0n) is 13.1. The minimum Gasteiger partial charge on any atom is -0.468 e. The van der Waals surface area contributed by atoms with Gasteiger partial charge in [-0.05, 0) is 49.9 Å². The number of hydrogen-bond acceptors (Lipinski definition) is 5. The number of nitrogens with one attached hydrogen (secondary N) is 1. The zero-order valence-corrected chi connectivity index (χ0v) is 13.1. The number of rotatable bonds is 6. The van der Waals surface area contributed by atoms with Crippen molar-refractivity contribution in [1.29, 1.82) is 0 Å². The molecule has 0 unspecified atom stereocenters. The van der Waals surface area contributed by atoms with E-state index in [9.17, 15) is 4.79 Å². The third-order valence-electron chi connectivity index (χ3n) is 4.22. The van der Waals surface area contributed by atoms with E-state index in [0.29, 0.717) is 18.2 Å². The Morgan fingerprint density at radius 3 is 3.17 bits per heavy atom. The molecule has 6 heteroatoms. The molecule has 0 spiro atoms. The molecule has 1 aliphatic heterocycles. The number of hydrogen-bond donors (Lipinski definition) is 1. The Morgan fingerprint density at radius 1 is 1.43 bits per heavy atom.